The Labute approximate surface area is 168 Å². The van der Waals surface area contributed by atoms with Gasteiger partial charge in [-0.2, -0.15) is 0 Å². The van der Waals surface area contributed by atoms with Crippen molar-refractivity contribution in [3.8, 4) is 5.75 Å². The number of nitrogens with zero attached hydrogens (tertiary/aromatic N) is 1. The van der Waals surface area contributed by atoms with Crippen LogP contribution in [0, 0.1) is 6.92 Å². The van der Waals surface area contributed by atoms with Crippen LogP contribution in [0.3, 0.4) is 0 Å². The minimum atomic E-state index is -0.857. The number of carbonyl (C=O) groups is 2. The molecule has 0 saturated carbocycles. The van der Waals surface area contributed by atoms with E-state index in [1.807, 2.05) is 31.2 Å². The third-order valence-electron chi connectivity index (χ3n) is 5.12. The van der Waals surface area contributed by atoms with Crippen LogP contribution in [0.1, 0.15) is 22.7 Å². The lowest BCUT2D eigenvalue weighted by Crippen LogP contribution is -2.29. The summed E-state index contributed by atoms with van der Waals surface area (Å²) in [5.41, 5.74) is 2.22. The van der Waals surface area contributed by atoms with Crippen LogP contribution in [0.15, 0.2) is 84.4 Å². The first-order valence-electron chi connectivity index (χ1n) is 9.20. The summed E-state index contributed by atoms with van der Waals surface area (Å²) in [4.78, 5) is 27.3. The van der Waals surface area contributed by atoms with Gasteiger partial charge in [0, 0.05) is 5.56 Å². The van der Waals surface area contributed by atoms with Crippen LogP contribution in [0.25, 0.3) is 5.76 Å². The van der Waals surface area contributed by atoms with Crippen LogP contribution in [0.5, 0.6) is 5.75 Å². The van der Waals surface area contributed by atoms with Gasteiger partial charge in [-0.15, -0.1) is 0 Å². The molecule has 0 radical (unpaired) electrons. The van der Waals surface area contributed by atoms with Gasteiger partial charge in [0.05, 0.1) is 17.3 Å². The SMILES string of the molecule is Cc1ccccc1C1/C(=C(\O)c2ccccc2)C(=O)C(=O)N1c1ccccc1O. The fraction of sp³-hybridized carbons (Fsp3) is 0.0833. The molecular formula is C24H19NO4. The van der Waals surface area contributed by atoms with Gasteiger partial charge in [0.15, 0.2) is 0 Å². The summed E-state index contributed by atoms with van der Waals surface area (Å²) < 4.78 is 0. The van der Waals surface area contributed by atoms with Gasteiger partial charge in [0.2, 0.25) is 0 Å². The molecule has 1 unspecified atom stereocenters. The molecule has 0 aliphatic carbocycles. The summed E-state index contributed by atoms with van der Waals surface area (Å²) in [6, 6.07) is 21.5. The number of anilines is 1. The van der Waals surface area contributed by atoms with Gasteiger partial charge >= 0.3 is 0 Å². The van der Waals surface area contributed by atoms with Crippen molar-refractivity contribution in [3.63, 3.8) is 0 Å². The number of phenols is 1. The number of aliphatic hydroxyl groups is 1. The molecule has 144 valence electrons. The number of amides is 1. The molecule has 0 bridgehead atoms. The average molecular weight is 385 g/mol. The molecule has 1 saturated heterocycles. The van der Waals surface area contributed by atoms with Crippen molar-refractivity contribution in [3.05, 3.63) is 101 Å². The Kier molecular flexibility index (Phi) is 4.64. The normalized spacial score (nSPS) is 18.2. The molecule has 4 rings (SSSR count). The Balaban J connectivity index is 2.01. The molecule has 2 N–H and O–H groups in total. The highest BCUT2D eigenvalue weighted by Gasteiger charge is 2.48. The molecule has 1 atom stereocenters. The van der Waals surface area contributed by atoms with Crippen molar-refractivity contribution in [2.45, 2.75) is 13.0 Å². The molecule has 3 aromatic carbocycles. The first kappa shape index (κ1) is 18.5. The number of benzene rings is 3. The number of Topliss-reactive ketones (excluding diaryl/α,β-unsaturated/α-hetero) is 1. The number of hydrogen-bond donors (Lipinski definition) is 2. The third kappa shape index (κ3) is 3.06. The maximum Gasteiger partial charge on any atom is 0.300 e. The first-order chi connectivity index (χ1) is 14.0. The number of hydrogen-bond acceptors (Lipinski definition) is 4. The zero-order valence-corrected chi connectivity index (χ0v) is 15.7. The molecule has 0 spiro atoms. The van der Waals surface area contributed by atoms with Gasteiger partial charge in [-0.3, -0.25) is 14.5 Å². The minimum absolute atomic E-state index is 0.00115. The van der Waals surface area contributed by atoms with Crippen LogP contribution in [0.4, 0.5) is 5.69 Å². The Bertz CT molecular complexity index is 1130. The van der Waals surface area contributed by atoms with Crippen molar-refractivity contribution in [2.75, 3.05) is 4.90 Å². The zero-order valence-electron chi connectivity index (χ0n) is 15.7. The van der Waals surface area contributed by atoms with Crippen LogP contribution in [-0.4, -0.2) is 21.9 Å². The van der Waals surface area contributed by atoms with E-state index in [0.717, 1.165) is 5.56 Å². The van der Waals surface area contributed by atoms with Gasteiger partial charge in [-0.25, -0.2) is 0 Å². The van der Waals surface area contributed by atoms with Crippen molar-refractivity contribution >= 4 is 23.1 Å². The van der Waals surface area contributed by atoms with Gasteiger partial charge in [0.25, 0.3) is 11.7 Å². The number of rotatable bonds is 3. The summed E-state index contributed by atoms with van der Waals surface area (Å²) in [5, 5.41) is 21.3. The highest BCUT2D eigenvalue weighted by molar-refractivity contribution is 6.52. The summed E-state index contributed by atoms with van der Waals surface area (Å²) in [5.74, 6) is -1.94. The van der Waals surface area contributed by atoms with E-state index in [1.54, 1.807) is 48.5 Å². The number of aromatic hydroxyl groups is 1. The smallest absolute Gasteiger partial charge is 0.300 e. The average Bonchev–Trinajstić information content (AvgIpc) is 2.99. The molecule has 5 heteroatoms. The Morgan fingerprint density at radius 2 is 1.48 bits per heavy atom. The molecule has 0 aromatic heterocycles. The molecule has 1 aliphatic heterocycles. The van der Waals surface area contributed by atoms with Gasteiger partial charge < -0.3 is 10.2 Å². The summed E-state index contributed by atoms with van der Waals surface area (Å²) >= 11 is 0. The van der Waals surface area contributed by atoms with Crippen molar-refractivity contribution in [2.24, 2.45) is 0 Å². The molecular weight excluding hydrogens is 366 g/mol. The lowest BCUT2D eigenvalue weighted by molar-refractivity contribution is -0.132. The second-order valence-corrected chi connectivity index (χ2v) is 6.88. The van der Waals surface area contributed by atoms with Crippen LogP contribution < -0.4 is 4.90 Å². The standard InChI is InChI=1S/C24H19NO4/c1-15-9-5-6-12-17(15)21-20(22(27)16-10-3-2-4-11-16)23(28)24(29)25(21)18-13-7-8-14-19(18)26/h2-14,21,26-27H,1H3/b22-20+. The molecule has 1 aliphatic rings. The predicted octanol–water partition coefficient (Wildman–Crippen LogP) is 4.33. The zero-order chi connectivity index (χ0) is 20.5. The number of phenolic OH excluding ortho intramolecular Hbond substituents is 1. The molecule has 1 heterocycles. The van der Waals surface area contributed by atoms with E-state index in [0.29, 0.717) is 11.1 Å². The van der Waals surface area contributed by atoms with Crippen molar-refractivity contribution in [1.82, 2.24) is 0 Å². The Morgan fingerprint density at radius 3 is 2.17 bits per heavy atom. The van der Waals surface area contributed by atoms with E-state index in [2.05, 4.69) is 0 Å². The third-order valence-corrected chi connectivity index (χ3v) is 5.12. The Hall–Kier alpha value is -3.86. The van der Waals surface area contributed by atoms with Gasteiger partial charge in [-0.05, 0) is 30.2 Å². The fourth-order valence-corrected chi connectivity index (χ4v) is 3.69. The largest absolute Gasteiger partial charge is 0.507 e. The number of carbonyl (C=O) groups excluding carboxylic acids is 2. The molecule has 5 nitrogen and oxygen atoms in total. The minimum Gasteiger partial charge on any atom is -0.507 e. The van der Waals surface area contributed by atoms with Crippen molar-refractivity contribution < 1.29 is 19.8 Å². The highest BCUT2D eigenvalue weighted by Crippen LogP contribution is 2.45. The number of ketones is 1. The summed E-state index contributed by atoms with van der Waals surface area (Å²) in [6.07, 6.45) is 0. The lowest BCUT2D eigenvalue weighted by Gasteiger charge is -2.27. The van der Waals surface area contributed by atoms with E-state index in [4.69, 9.17) is 0 Å². The maximum absolute atomic E-state index is 13.0. The van der Waals surface area contributed by atoms with E-state index >= 15 is 0 Å². The van der Waals surface area contributed by atoms with E-state index < -0.39 is 17.7 Å². The van der Waals surface area contributed by atoms with E-state index in [9.17, 15) is 19.8 Å². The highest BCUT2D eigenvalue weighted by atomic mass is 16.3. The maximum atomic E-state index is 13.0. The van der Waals surface area contributed by atoms with Gasteiger partial charge in [0.1, 0.15) is 11.5 Å². The van der Waals surface area contributed by atoms with Crippen LogP contribution in [0.2, 0.25) is 0 Å². The topological polar surface area (TPSA) is 77.8 Å². The van der Waals surface area contributed by atoms with Crippen LogP contribution in [-0.2, 0) is 9.59 Å². The van der Waals surface area contributed by atoms with Crippen LogP contribution >= 0.6 is 0 Å². The summed E-state index contributed by atoms with van der Waals surface area (Å²) in [6.45, 7) is 1.88. The molecule has 1 fully saturated rings. The second-order valence-electron chi connectivity index (χ2n) is 6.88. The monoisotopic (exact) mass is 385 g/mol. The lowest BCUT2D eigenvalue weighted by atomic mass is 9.92. The van der Waals surface area contributed by atoms with E-state index in [-0.39, 0.29) is 22.8 Å². The Morgan fingerprint density at radius 1 is 0.862 bits per heavy atom. The van der Waals surface area contributed by atoms with E-state index in [1.165, 1.54) is 11.0 Å². The summed E-state index contributed by atoms with van der Waals surface area (Å²) in [7, 11) is 0. The first-order valence-corrected chi connectivity index (χ1v) is 9.20. The molecule has 1 amide bonds. The molecule has 3 aromatic rings. The predicted molar refractivity (Wildman–Crippen MR) is 111 cm³/mol. The molecule has 29 heavy (non-hydrogen) atoms. The van der Waals surface area contributed by atoms with Crippen molar-refractivity contribution in [1.29, 1.82) is 0 Å². The van der Waals surface area contributed by atoms with Gasteiger partial charge in [-0.1, -0.05) is 66.7 Å². The quantitative estimate of drug-likeness (QED) is 0.400. The second kappa shape index (κ2) is 7.28. The number of aliphatic hydroxyl groups excluding tert-OH is 1. The fourth-order valence-electron chi connectivity index (χ4n) is 3.69. The number of aryl methyl sites for hydroxylation is 1. The number of para-hydroxylation sites is 2.